The van der Waals surface area contributed by atoms with Crippen LogP contribution in [0.25, 0.3) is 32.9 Å². The van der Waals surface area contributed by atoms with Crippen LogP contribution in [0.2, 0.25) is 0 Å². The van der Waals surface area contributed by atoms with Gasteiger partial charge in [0.25, 0.3) is 0 Å². The number of piperazine rings is 1. The van der Waals surface area contributed by atoms with Crippen LogP contribution >= 0.6 is 0 Å². The number of halogens is 3. The van der Waals surface area contributed by atoms with Crippen LogP contribution < -0.4 is 15.0 Å². The third-order valence-corrected chi connectivity index (χ3v) is 9.00. The Hall–Kier alpha value is -4.58. The maximum absolute atomic E-state index is 16.9. The molecule has 4 atom stereocenters. The van der Waals surface area contributed by atoms with Crippen molar-refractivity contribution < 1.29 is 23.0 Å². The van der Waals surface area contributed by atoms with E-state index in [1.54, 1.807) is 6.92 Å². The predicted octanol–water partition coefficient (Wildman–Crippen LogP) is 4.54. The van der Waals surface area contributed by atoms with Crippen molar-refractivity contribution in [3.8, 4) is 47.2 Å². The minimum absolute atomic E-state index is 0.0540. The summed E-state index contributed by atoms with van der Waals surface area (Å²) in [6.45, 7) is 3.36. The average Bonchev–Trinajstić information content (AvgIpc) is 3.54. The molecule has 230 valence electrons. The molecular weight excluding hydrogens is 581 g/mol. The number of pyridine rings is 1. The van der Waals surface area contributed by atoms with Gasteiger partial charge in [-0.1, -0.05) is 17.9 Å². The quantitative estimate of drug-likeness (QED) is 0.318. The molecule has 45 heavy (non-hydrogen) atoms. The lowest BCUT2D eigenvalue weighted by molar-refractivity contribution is 0.188. The fourth-order valence-corrected chi connectivity index (χ4v) is 6.92. The highest BCUT2D eigenvalue weighted by Crippen LogP contribution is 2.40. The standard InChI is InChI=1S/C34H31F3N6O2/c1-4-6-27-29-32(30(37)31(39-27)25-13-23(44)11-18-7-10-26(36)24(5-2)28(18)25)40-34(45-17-22-12-19(35)14-42(22)3)41-33(29)43-15-20-8-9-21(16-43)38-20/h2,7,10-11,13,19-22,38,44H,8-9,12,14-17H2,1,3H3/t19-,20-,21+,22+/m1/s1. The summed E-state index contributed by atoms with van der Waals surface area (Å²) in [4.78, 5) is 17.9. The topological polar surface area (TPSA) is 86.6 Å². The van der Waals surface area contributed by atoms with Crippen molar-refractivity contribution >= 4 is 27.5 Å². The van der Waals surface area contributed by atoms with Gasteiger partial charge in [0, 0.05) is 48.7 Å². The van der Waals surface area contributed by atoms with Crippen molar-refractivity contribution in [1.29, 1.82) is 0 Å². The monoisotopic (exact) mass is 612 g/mol. The maximum Gasteiger partial charge on any atom is 0.319 e. The SMILES string of the molecule is C#Cc1c(F)ccc2cc(O)cc(-c3nc(C#CC)c4c(N5C[C@H]6CC[C@@H](C5)N6)nc(OC[C@@H]5C[C@@H](F)CN5C)nc4c3F)c12. The molecule has 4 aromatic rings. The molecule has 0 saturated carbocycles. The maximum atomic E-state index is 16.9. The van der Waals surface area contributed by atoms with Crippen LogP contribution in [0.3, 0.4) is 0 Å². The lowest BCUT2D eigenvalue weighted by Crippen LogP contribution is -2.51. The molecule has 2 aromatic heterocycles. The van der Waals surface area contributed by atoms with Crippen molar-refractivity contribution in [3.05, 3.63) is 47.2 Å². The molecule has 7 rings (SSSR count). The van der Waals surface area contributed by atoms with Gasteiger partial charge in [-0.3, -0.25) is 4.90 Å². The Morgan fingerprint density at radius 2 is 1.87 bits per heavy atom. The molecule has 0 radical (unpaired) electrons. The first-order chi connectivity index (χ1) is 21.7. The number of nitrogens with zero attached hydrogens (tertiary/aromatic N) is 5. The lowest BCUT2D eigenvalue weighted by Gasteiger charge is -2.34. The van der Waals surface area contributed by atoms with Gasteiger partial charge in [0.1, 0.15) is 47.1 Å². The number of hydrogen-bond acceptors (Lipinski definition) is 8. The first kappa shape index (κ1) is 29.1. The Morgan fingerprint density at radius 3 is 2.56 bits per heavy atom. The zero-order valence-electron chi connectivity index (χ0n) is 24.9. The first-order valence-corrected chi connectivity index (χ1v) is 15.0. The van der Waals surface area contributed by atoms with Gasteiger partial charge in [-0.25, -0.2) is 18.2 Å². The van der Waals surface area contributed by atoms with Gasteiger partial charge in [0.2, 0.25) is 0 Å². The van der Waals surface area contributed by atoms with E-state index in [0.29, 0.717) is 42.6 Å². The number of phenols is 1. The highest BCUT2D eigenvalue weighted by molar-refractivity contribution is 6.04. The zero-order valence-corrected chi connectivity index (χ0v) is 24.9. The average molecular weight is 613 g/mol. The second kappa shape index (κ2) is 11.4. The third kappa shape index (κ3) is 5.16. The van der Waals surface area contributed by atoms with Crippen LogP contribution in [0.15, 0.2) is 24.3 Å². The molecule has 3 fully saturated rings. The molecule has 3 saturated heterocycles. The molecule has 0 amide bonds. The van der Waals surface area contributed by atoms with Crippen molar-refractivity contribution in [1.82, 2.24) is 25.2 Å². The number of fused-ring (bicyclic) bond motifs is 4. The van der Waals surface area contributed by atoms with Gasteiger partial charge in [-0.05, 0) is 62.7 Å². The second-order valence-electron chi connectivity index (χ2n) is 12.0. The summed E-state index contributed by atoms with van der Waals surface area (Å²) >= 11 is 0. The molecule has 0 spiro atoms. The van der Waals surface area contributed by atoms with Crippen molar-refractivity contribution in [3.63, 3.8) is 0 Å². The summed E-state index contributed by atoms with van der Waals surface area (Å²) in [5, 5.41) is 15.2. The number of phenolic OH excluding ortho intramolecular Hbond substituents is 1. The molecule has 3 aliphatic heterocycles. The van der Waals surface area contributed by atoms with Crippen LogP contribution in [0, 0.1) is 35.8 Å². The number of hydrogen-bond donors (Lipinski definition) is 2. The van der Waals surface area contributed by atoms with Gasteiger partial charge in [-0.2, -0.15) is 9.97 Å². The predicted molar refractivity (Wildman–Crippen MR) is 166 cm³/mol. The van der Waals surface area contributed by atoms with E-state index in [1.807, 2.05) is 11.9 Å². The Bertz CT molecular complexity index is 1940. The number of nitrogens with one attached hydrogen (secondary N) is 1. The minimum atomic E-state index is -0.955. The number of likely N-dealkylation sites (tertiary alicyclic amines) is 1. The van der Waals surface area contributed by atoms with E-state index >= 15 is 4.39 Å². The molecule has 2 N–H and O–H groups in total. The van der Waals surface area contributed by atoms with Gasteiger partial charge in [0.15, 0.2) is 5.82 Å². The Morgan fingerprint density at radius 1 is 1.09 bits per heavy atom. The second-order valence-corrected chi connectivity index (χ2v) is 12.0. The Balaban J connectivity index is 1.46. The lowest BCUT2D eigenvalue weighted by atomic mass is 9.95. The van der Waals surface area contributed by atoms with Crippen LogP contribution in [0.4, 0.5) is 19.0 Å². The Kier molecular flexibility index (Phi) is 7.39. The molecular formula is C34H31F3N6O2. The van der Waals surface area contributed by atoms with Gasteiger partial charge in [0.05, 0.1) is 10.9 Å². The van der Waals surface area contributed by atoms with E-state index in [4.69, 9.17) is 16.1 Å². The largest absolute Gasteiger partial charge is 0.508 e. The first-order valence-electron chi connectivity index (χ1n) is 15.0. The number of aromatic hydroxyl groups is 1. The van der Waals surface area contributed by atoms with Crippen LogP contribution in [0.1, 0.15) is 37.4 Å². The van der Waals surface area contributed by atoms with E-state index in [9.17, 15) is 13.9 Å². The van der Waals surface area contributed by atoms with Crippen molar-refractivity contribution in [2.24, 2.45) is 0 Å². The zero-order chi connectivity index (χ0) is 31.4. The van der Waals surface area contributed by atoms with E-state index < -0.39 is 17.8 Å². The van der Waals surface area contributed by atoms with Crippen LogP contribution in [0.5, 0.6) is 11.8 Å². The number of terminal acetylenes is 1. The molecule has 2 bridgehead atoms. The van der Waals surface area contributed by atoms with Crippen molar-refractivity contribution in [2.75, 3.05) is 38.2 Å². The summed E-state index contributed by atoms with van der Waals surface area (Å²) in [7, 11) is 1.83. The van der Waals surface area contributed by atoms with E-state index in [0.717, 1.165) is 12.8 Å². The summed E-state index contributed by atoms with van der Waals surface area (Å²) in [6.07, 6.45) is 7.09. The normalized spacial score (nSPS) is 22.9. The number of ether oxygens (including phenoxy) is 1. The molecule has 2 aromatic carbocycles. The van der Waals surface area contributed by atoms with E-state index in [2.05, 4.69) is 37.9 Å². The summed E-state index contributed by atoms with van der Waals surface area (Å²) in [5.41, 5.74) is -0.0397. The van der Waals surface area contributed by atoms with E-state index in [-0.39, 0.29) is 69.9 Å². The van der Waals surface area contributed by atoms with Gasteiger partial charge >= 0.3 is 6.01 Å². The van der Waals surface area contributed by atoms with Crippen LogP contribution in [-0.4, -0.2) is 82.5 Å². The highest BCUT2D eigenvalue weighted by Gasteiger charge is 2.35. The smallest absolute Gasteiger partial charge is 0.319 e. The number of rotatable bonds is 5. The van der Waals surface area contributed by atoms with Crippen LogP contribution in [-0.2, 0) is 0 Å². The number of anilines is 1. The number of alkyl halides is 1. The molecule has 3 aliphatic rings. The van der Waals surface area contributed by atoms with Crippen molar-refractivity contribution in [2.45, 2.75) is 50.5 Å². The highest BCUT2D eigenvalue weighted by atomic mass is 19.1. The molecule has 5 heterocycles. The fraction of sp³-hybridized carbons (Fsp3) is 0.382. The van der Waals surface area contributed by atoms with E-state index in [1.165, 1.54) is 24.3 Å². The molecule has 8 nitrogen and oxygen atoms in total. The minimum Gasteiger partial charge on any atom is -0.508 e. The molecule has 0 aliphatic carbocycles. The van der Waals surface area contributed by atoms with Gasteiger partial charge < -0.3 is 20.1 Å². The third-order valence-electron chi connectivity index (χ3n) is 9.00. The summed E-state index contributed by atoms with van der Waals surface area (Å²) in [6, 6.07) is 5.66. The number of aromatic nitrogens is 3. The molecule has 11 heteroatoms. The summed E-state index contributed by atoms with van der Waals surface area (Å²) in [5.74, 6) is 7.02. The number of benzene rings is 2. The number of likely N-dealkylation sites (N-methyl/N-ethyl adjacent to an activating group) is 1. The summed E-state index contributed by atoms with van der Waals surface area (Å²) < 4.78 is 52.0. The molecule has 0 unspecified atom stereocenters. The fourth-order valence-electron chi connectivity index (χ4n) is 6.92. The Labute approximate surface area is 258 Å². The van der Waals surface area contributed by atoms with Gasteiger partial charge in [-0.15, -0.1) is 6.42 Å².